The second-order valence-electron chi connectivity index (χ2n) is 5.72. The van der Waals surface area contributed by atoms with Crippen molar-refractivity contribution in [2.24, 2.45) is 7.05 Å². The van der Waals surface area contributed by atoms with Gasteiger partial charge in [0.15, 0.2) is 0 Å². The van der Waals surface area contributed by atoms with Crippen LogP contribution in [-0.2, 0) is 23.2 Å². The molecule has 144 valence electrons. The van der Waals surface area contributed by atoms with Gasteiger partial charge < -0.3 is 4.98 Å². The van der Waals surface area contributed by atoms with Gasteiger partial charge in [-0.2, -0.15) is 22.9 Å². The third-order valence-electron chi connectivity index (χ3n) is 3.70. The van der Waals surface area contributed by atoms with Crippen LogP contribution in [0.3, 0.4) is 0 Å². The van der Waals surface area contributed by atoms with E-state index in [1.165, 1.54) is 24.0 Å². The molecule has 0 amide bonds. The highest BCUT2D eigenvalue weighted by atomic mass is 32.2. The van der Waals surface area contributed by atoms with Gasteiger partial charge in [-0.05, 0) is 18.2 Å². The Morgan fingerprint density at radius 3 is 2.41 bits per heavy atom. The summed E-state index contributed by atoms with van der Waals surface area (Å²) in [5.41, 5.74) is -4.06. The van der Waals surface area contributed by atoms with Gasteiger partial charge in [0.25, 0.3) is 5.56 Å². The van der Waals surface area contributed by atoms with Crippen LogP contribution in [0.5, 0.6) is 0 Å². The number of halogens is 3. The summed E-state index contributed by atoms with van der Waals surface area (Å²) < 4.78 is 64.6. The second kappa shape index (κ2) is 5.97. The molecule has 0 saturated carbocycles. The summed E-state index contributed by atoms with van der Waals surface area (Å²) in [7, 11) is -2.56. The number of H-pyrrole nitrogens is 1. The standard InChI is InChI=1S/C14H12F3N5O4S/c1-21-11(3-4-18-21)7-5-8-10(6-9(7)14(15,16)17)19-13(24)22(12(8)23)20-27(2,25)26/h3-6,20H,1-2H3,(H,19,24). The zero-order valence-corrected chi connectivity index (χ0v) is 14.6. The van der Waals surface area contributed by atoms with E-state index in [0.29, 0.717) is 6.07 Å². The molecule has 9 nitrogen and oxygen atoms in total. The maximum Gasteiger partial charge on any atom is 0.417 e. The largest absolute Gasteiger partial charge is 0.417 e. The Labute approximate surface area is 149 Å². The highest BCUT2D eigenvalue weighted by Gasteiger charge is 2.35. The topological polar surface area (TPSA) is 119 Å². The van der Waals surface area contributed by atoms with Gasteiger partial charge in [-0.15, -0.1) is 0 Å². The normalized spacial score (nSPS) is 12.5. The van der Waals surface area contributed by atoms with Crippen LogP contribution in [0.4, 0.5) is 13.2 Å². The fourth-order valence-electron chi connectivity index (χ4n) is 2.60. The van der Waals surface area contributed by atoms with Crippen molar-refractivity contribution in [3.8, 4) is 11.3 Å². The first-order chi connectivity index (χ1) is 12.4. The van der Waals surface area contributed by atoms with Gasteiger partial charge in [0, 0.05) is 18.8 Å². The number of hydrogen-bond acceptors (Lipinski definition) is 5. The van der Waals surface area contributed by atoms with Crippen molar-refractivity contribution < 1.29 is 21.6 Å². The van der Waals surface area contributed by atoms with Crippen molar-refractivity contribution in [2.75, 3.05) is 11.1 Å². The summed E-state index contributed by atoms with van der Waals surface area (Å²) in [4.78, 5) is 28.2. The number of aromatic nitrogens is 4. The van der Waals surface area contributed by atoms with E-state index in [-0.39, 0.29) is 26.8 Å². The molecular formula is C14H12F3N5O4S. The number of aromatic amines is 1. The maximum atomic E-state index is 13.5. The molecule has 2 aromatic heterocycles. The van der Waals surface area contributed by atoms with Crippen LogP contribution in [0.2, 0.25) is 0 Å². The van der Waals surface area contributed by atoms with Crippen LogP contribution >= 0.6 is 0 Å². The van der Waals surface area contributed by atoms with Crippen molar-refractivity contribution in [1.29, 1.82) is 0 Å². The number of nitrogens with zero attached hydrogens (tertiary/aromatic N) is 3. The Bertz CT molecular complexity index is 1270. The molecule has 0 unspecified atom stereocenters. The minimum Gasteiger partial charge on any atom is -0.305 e. The zero-order chi connectivity index (χ0) is 20.1. The lowest BCUT2D eigenvalue weighted by Crippen LogP contribution is -2.43. The molecule has 0 bridgehead atoms. The minimum absolute atomic E-state index is 0.0810. The number of nitrogens with one attached hydrogen (secondary N) is 2. The van der Waals surface area contributed by atoms with Gasteiger partial charge in [-0.1, -0.05) is 0 Å². The van der Waals surface area contributed by atoms with Crippen LogP contribution in [0.1, 0.15) is 5.56 Å². The van der Waals surface area contributed by atoms with E-state index in [1.807, 2.05) is 0 Å². The van der Waals surface area contributed by atoms with E-state index < -0.39 is 33.0 Å². The molecule has 0 radical (unpaired) electrons. The number of aryl methyl sites for hydroxylation is 1. The molecule has 0 saturated heterocycles. The van der Waals surface area contributed by atoms with Crippen LogP contribution in [0, 0.1) is 0 Å². The van der Waals surface area contributed by atoms with Gasteiger partial charge in [0.1, 0.15) is 0 Å². The molecule has 1 aromatic carbocycles. The molecule has 0 aliphatic rings. The average molecular weight is 403 g/mol. The first-order valence-electron chi connectivity index (χ1n) is 7.25. The summed E-state index contributed by atoms with van der Waals surface area (Å²) >= 11 is 0. The third-order valence-corrected chi connectivity index (χ3v) is 4.21. The highest BCUT2D eigenvalue weighted by molar-refractivity contribution is 7.91. The molecule has 0 fully saturated rings. The van der Waals surface area contributed by atoms with Crippen LogP contribution in [0.25, 0.3) is 22.2 Å². The number of rotatable bonds is 3. The quantitative estimate of drug-likeness (QED) is 0.664. The van der Waals surface area contributed by atoms with Crippen LogP contribution in [0.15, 0.2) is 34.0 Å². The van der Waals surface area contributed by atoms with E-state index in [4.69, 9.17) is 0 Å². The molecule has 3 aromatic rings. The van der Waals surface area contributed by atoms with Gasteiger partial charge in [0.2, 0.25) is 10.0 Å². The second-order valence-corrected chi connectivity index (χ2v) is 7.44. The van der Waals surface area contributed by atoms with E-state index in [0.717, 1.165) is 12.3 Å². The minimum atomic E-state index is -4.77. The predicted molar refractivity (Wildman–Crippen MR) is 90.2 cm³/mol. The molecule has 0 spiro atoms. The number of alkyl halides is 3. The molecule has 0 atom stereocenters. The fraction of sp³-hybridized carbons (Fsp3) is 0.214. The van der Waals surface area contributed by atoms with Crippen molar-refractivity contribution in [3.63, 3.8) is 0 Å². The van der Waals surface area contributed by atoms with Crippen molar-refractivity contribution in [3.05, 3.63) is 50.8 Å². The molecule has 13 heteroatoms. The Hall–Kier alpha value is -3.09. The number of benzene rings is 1. The SMILES string of the molecule is Cn1nccc1-c1cc2c(=O)n(NS(C)(=O)=O)c(=O)[nH]c2cc1C(F)(F)F. The first-order valence-corrected chi connectivity index (χ1v) is 9.14. The van der Waals surface area contributed by atoms with Crippen LogP contribution < -0.4 is 16.1 Å². The lowest BCUT2D eigenvalue weighted by molar-refractivity contribution is -0.137. The van der Waals surface area contributed by atoms with Gasteiger partial charge in [-0.3, -0.25) is 9.48 Å². The van der Waals surface area contributed by atoms with E-state index in [1.54, 1.807) is 4.83 Å². The van der Waals surface area contributed by atoms with Gasteiger partial charge in [0.05, 0.1) is 28.4 Å². The van der Waals surface area contributed by atoms with E-state index >= 15 is 0 Å². The van der Waals surface area contributed by atoms with Crippen LogP contribution in [-0.4, -0.2) is 34.1 Å². The average Bonchev–Trinajstić information content (AvgIpc) is 2.94. The summed E-state index contributed by atoms with van der Waals surface area (Å²) in [5.74, 6) is 0. The Morgan fingerprint density at radius 2 is 1.89 bits per heavy atom. The van der Waals surface area contributed by atoms with Crippen molar-refractivity contribution >= 4 is 20.9 Å². The highest BCUT2D eigenvalue weighted by Crippen LogP contribution is 2.38. The molecule has 2 heterocycles. The number of sulfonamides is 1. The van der Waals surface area contributed by atoms with Crippen molar-refractivity contribution in [2.45, 2.75) is 6.18 Å². The molecule has 3 rings (SSSR count). The monoisotopic (exact) mass is 403 g/mol. The first kappa shape index (κ1) is 18.7. The lowest BCUT2D eigenvalue weighted by Gasteiger charge is -2.15. The Morgan fingerprint density at radius 1 is 1.22 bits per heavy atom. The maximum absolute atomic E-state index is 13.5. The fourth-order valence-corrected chi connectivity index (χ4v) is 3.09. The molecular weight excluding hydrogens is 391 g/mol. The summed E-state index contributed by atoms with van der Waals surface area (Å²) in [6.45, 7) is 0. The Kier molecular flexibility index (Phi) is 4.14. The van der Waals surface area contributed by atoms with Gasteiger partial charge >= 0.3 is 11.9 Å². The zero-order valence-electron chi connectivity index (χ0n) is 13.8. The summed E-state index contributed by atoms with van der Waals surface area (Å²) in [6, 6.07) is 2.90. The van der Waals surface area contributed by atoms with E-state index in [2.05, 4.69) is 10.1 Å². The smallest absolute Gasteiger partial charge is 0.305 e. The van der Waals surface area contributed by atoms with E-state index in [9.17, 15) is 31.2 Å². The molecule has 0 aliphatic carbocycles. The van der Waals surface area contributed by atoms with Gasteiger partial charge in [-0.25, -0.2) is 18.0 Å². The molecule has 0 aliphatic heterocycles. The van der Waals surface area contributed by atoms with Crippen molar-refractivity contribution in [1.82, 2.24) is 19.4 Å². The molecule has 27 heavy (non-hydrogen) atoms. The Balaban J connectivity index is 2.43. The third kappa shape index (κ3) is 3.45. The summed E-state index contributed by atoms with van der Waals surface area (Å²) in [5, 5.41) is 3.51. The number of hydrogen-bond donors (Lipinski definition) is 2. The summed E-state index contributed by atoms with van der Waals surface area (Å²) in [6.07, 6.45) is -2.77. The predicted octanol–water partition coefficient (Wildman–Crippen LogP) is 0.612. The number of fused-ring (bicyclic) bond motifs is 1. The lowest BCUT2D eigenvalue weighted by atomic mass is 10.0. The molecule has 2 N–H and O–H groups in total.